The number of fused-ring (bicyclic) bond motifs is 1. The third kappa shape index (κ3) is 2.81. The summed E-state index contributed by atoms with van der Waals surface area (Å²) in [7, 11) is 0. The zero-order valence-corrected chi connectivity index (χ0v) is 11.5. The molecule has 1 N–H and O–H groups in total. The summed E-state index contributed by atoms with van der Waals surface area (Å²) in [5, 5.41) is 9.23. The Morgan fingerprint density at radius 3 is 2.95 bits per heavy atom. The zero-order chi connectivity index (χ0) is 14.7. The van der Waals surface area contributed by atoms with Gasteiger partial charge in [-0.15, -0.1) is 0 Å². The van der Waals surface area contributed by atoms with Gasteiger partial charge in [0.05, 0.1) is 12.2 Å². The average molecular weight is 284 g/mol. The Kier molecular flexibility index (Phi) is 3.73. The predicted octanol–water partition coefficient (Wildman–Crippen LogP) is 2.22. The smallest absolute Gasteiger partial charge is 0.339 e. The first-order valence-electron chi connectivity index (χ1n) is 6.89. The van der Waals surface area contributed by atoms with E-state index < -0.39 is 5.97 Å². The summed E-state index contributed by atoms with van der Waals surface area (Å²) in [4.78, 5) is 17.7. The van der Waals surface area contributed by atoms with E-state index in [9.17, 15) is 9.90 Å². The molecular weight excluding hydrogens is 268 g/mol. The molecule has 0 spiro atoms. The van der Waals surface area contributed by atoms with E-state index >= 15 is 0 Å². The van der Waals surface area contributed by atoms with E-state index in [0.717, 1.165) is 30.9 Å². The van der Waals surface area contributed by atoms with E-state index in [4.69, 9.17) is 4.74 Å². The molecule has 5 heteroatoms. The third-order valence-corrected chi connectivity index (χ3v) is 3.54. The summed E-state index contributed by atoms with van der Waals surface area (Å²) in [6.45, 7) is 2.04. The van der Waals surface area contributed by atoms with Crippen LogP contribution < -0.4 is 9.64 Å². The highest BCUT2D eigenvalue weighted by molar-refractivity contribution is 5.93. The number of aromatic nitrogens is 1. The molecule has 5 nitrogen and oxygen atoms in total. The van der Waals surface area contributed by atoms with Crippen LogP contribution in [0.25, 0.3) is 0 Å². The maximum Gasteiger partial charge on any atom is 0.339 e. The molecule has 0 saturated heterocycles. The Labute approximate surface area is 122 Å². The molecule has 1 aromatic heterocycles. The average Bonchev–Trinajstić information content (AvgIpc) is 2.53. The van der Waals surface area contributed by atoms with Gasteiger partial charge in [-0.05, 0) is 24.3 Å². The number of pyridine rings is 1. The molecule has 2 aromatic rings. The SMILES string of the molecule is O=C(O)c1cccc2c1OCCN2CCc1ccccn1. The summed E-state index contributed by atoms with van der Waals surface area (Å²) >= 11 is 0. The second kappa shape index (κ2) is 5.83. The molecule has 0 saturated carbocycles. The number of benzene rings is 1. The number of para-hydroxylation sites is 1. The zero-order valence-electron chi connectivity index (χ0n) is 11.5. The number of aromatic carboxylic acids is 1. The van der Waals surface area contributed by atoms with Gasteiger partial charge in [0.2, 0.25) is 0 Å². The molecule has 3 rings (SSSR count). The first-order valence-corrected chi connectivity index (χ1v) is 6.89. The van der Waals surface area contributed by atoms with Crippen LogP contribution in [0.15, 0.2) is 42.6 Å². The van der Waals surface area contributed by atoms with E-state index in [1.807, 2.05) is 24.3 Å². The highest BCUT2D eigenvalue weighted by Crippen LogP contribution is 2.34. The summed E-state index contributed by atoms with van der Waals surface area (Å²) in [5.74, 6) is -0.490. The molecular formula is C16H16N2O3. The second-order valence-corrected chi connectivity index (χ2v) is 4.87. The van der Waals surface area contributed by atoms with Crippen molar-refractivity contribution < 1.29 is 14.6 Å². The van der Waals surface area contributed by atoms with Gasteiger partial charge in [-0.25, -0.2) is 4.79 Å². The molecule has 0 bridgehead atoms. The van der Waals surface area contributed by atoms with E-state index in [-0.39, 0.29) is 5.56 Å². The number of ether oxygens (including phenoxy) is 1. The fraction of sp³-hybridized carbons (Fsp3) is 0.250. The van der Waals surface area contributed by atoms with E-state index in [0.29, 0.717) is 12.4 Å². The molecule has 0 fully saturated rings. The minimum absolute atomic E-state index is 0.218. The Morgan fingerprint density at radius 2 is 2.19 bits per heavy atom. The topological polar surface area (TPSA) is 62.7 Å². The van der Waals surface area contributed by atoms with Crippen molar-refractivity contribution in [2.45, 2.75) is 6.42 Å². The van der Waals surface area contributed by atoms with Gasteiger partial charge in [0.25, 0.3) is 0 Å². The van der Waals surface area contributed by atoms with Gasteiger partial charge in [0.15, 0.2) is 5.75 Å². The monoisotopic (exact) mass is 284 g/mol. The second-order valence-electron chi connectivity index (χ2n) is 4.87. The van der Waals surface area contributed by atoms with Crippen molar-refractivity contribution in [1.29, 1.82) is 0 Å². The normalized spacial score (nSPS) is 13.4. The third-order valence-electron chi connectivity index (χ3n) is 3.54. The number of hydrogen-bond donors (Lipinski definition) is 1. The molecule has 1 aromatic carbocycles. The lowest BCUT2D eigenvalue weighted by molar-refractivity contribution is 0.0692. The van der Waals surface area contributed by atoms with Crippen LogP contribution in [0.2, 0.25) is 0 Å². The Hall–Kier alpha value is -2.56. The molecule has 0 unspecified atom stereocenters. The summed E-state index contributed by atoms with van der Waals surface area (Å²) in [6.07, 6.45) is 2.60. The van der Waals surface area contributed by atoms with Crippen molar-refractivity contribution in [3.8, 4) is 5.75 Å². The summed E-state index contributed by atoms with van der Waals surface area (Å²) in [5.41, 5.74) is 2.09. The van der Waals surface area contributed by atoms with Crippen LogP contribution in [-0.2, 0) is 6.42 Å². The van der Waals surface area contributed by atoms with E-state index in [1.165, 1.54) is 0 Å². The van der Waals surface area contributed by atoms with Gasteiger partial charge < -0.3 is 14.7 Å². The van der Waals surface area contributed by atoms with Gasteiger partial charge in [-0.3, -0.25) is 4.98 Å². The van der Waals surface area contributed by atoms with Crippen LogP contribution in [0.4, 0.5) is 5.69 Å². The van der Waals surface area contributed by atoms with Gasteiger partial charge in [-0.2, -0.15) is 0 Å². The fourth-order valence-corrected chi connectivity index (χ4v) is 2.50. The Bertz CT molecular complexity index is 643. The number of carbonyl (C=O) groups is 1. The van der Waals surface area contributed by atoms with Crippen LogP contribution in [-0.4, -0.2) is 35.8 Å². The van der Waals surface area contributed by atoms with Crippen molar-refractivity contribution in [2.24, 2.45) is 0 Å². The van der Waals surface area contributed by atoms with Crippen LogP contribution in [0.5, 0.6) is 5.75 Å². The molecule has 0 aliphatic carbocycles. The molecule has 0 atom stereocenters. The number of carboxylic acid groups (broad SMARTS) is 1. The van der Waals surface area contributed by atoms with Gasteiger partial charge in [0, 0.05) is 24.9 Å². The number of nitrogens with zero attached hydrogens (tertiary/aromatic N) is 2. The van der Waals surface area contributed by atoms with Crippen LogP contribution >= 0.6 is 0 Å². The van der Waals surface area contributed by atoms with Gasteiger partial charge >= 0.3 is 5.97 Å². The molecule has 0 radical (unpaired) electrons. The first kappa shape index (κ1) is 13.4. The number of carboxylic acids is 1. The lowest BCUT2D eigenvalue weighted by Crippen LogP contribution is -2.35. The van der Waals surface area contributed by atoms with Crippen molar-refractivity contribution in [2.75, 3.05) is 24.6 Å². The lowest BCUT2D eigenvalue weighted by Gasteiger charge is -2.31. The Balaban J connectivity index is 1.81. The summed E-state index contributed by atoms with van der Waals surface area (Å²) in [6, 6.07) is 11.1. The van der Waals surface area contributed by atoms with E-state index in [1.54, 1.807) is 18.3 Å². The number of hydrogen-bond acceptors (Lipinski definition) is 4. The van der Waals surface area contributed by atoms with Gasteiger partial charge in [-0.1, -0.05) is 12.1 Å². The molecule has 108 valence electrons. The molecule has 0 amide bonds. The van der Waals surface area contributed by atoms with Crippen LogP contribution in [0.1, 0.15) is 16.1 Å². The number of anilines is 1. The maximum atomic E-state index is 11.3. The minimum atomic E-state index is -0.960. The van der Waals surface area contributed by atoms with Crippen LogP contribution in [0, 0.1) is 0 Å². The molecule has 1 aliphatic heterocycles. The van der Waals surface area contributed by atoms with Crippen molar-refractivity contribution in [3.63, 3.8) is 0 Å². The summed E-state index contributed by atoms with van der Waals surface area (Å²) < 4.78 is 5.56. The van der Waals surface area contributed by atoms with Gasteiger partial charge in [0.1, 0.15) is 12.2 Å². The quantitative estimate of drug-likeness (QED) is 0.932. The first-order chi connectivity index (χ1) is 10.3. The van der Waals surface area contributed by atoms with Crippen molar-refractivity contribution in [1.82, 2.24) is 4.98 Å². The number of rotatable bonds is 4. The standard InChI is InChI=1S/C16H16N2O3/c19-16(20)13-5-3-6-14-15(13)21-11-10-18(14)9-7-12-4-1-2-8-17-12/h1-6,8H,7,9-11H2,(H,19,20). The largest absolute Gasteiger partial charge is 0.489 e. The minimum Gasteiger partial charge on any atom is -0.489 e. The molecule has 1 aliphatic rings. The molecule has 21 heavy (non-hydrogen) atoms. The van der Waals surface area contributed by atoms with Crippen molar-refractivity contribution >= 4 is 11.7 Å². The van der Waals surface area contributed by atoms with E-state index in [2.05, 4.69) is 9.88 Å². The fourth-order valence-electron chi connectivity index (χ4n) is 2.50. The Morgan fingerprint density at radius 1 is 1.29 bits per heavy atom. The molecule has 2 heterocycles. The highest BCUT2D eigenvalue weighted by Gasteiger charge is 2.23. The highest BCUT2D eigenvalue weighted by atomic mass is 16.5. The lowest BCUT2D eigenvalue weighted by atomic mass is 10.1. The predicted molar refractivity (Wildman–Crippen MR) is 79.1 cm³/mol. The van der Waals surface area contributed by atoms with Crippen LogP contribution in [0.3, 0.4) is 0 Å². The van der Waals surface area contributed by atoms with Crippen molar-refractivity contribution in [3.05, 3.63) is 53.9 Å². The maximum absolute atomic E-state index is 11.3.